The summed E-state index contributed by atoms with van der Waals surface area (Å²) < 4.78 is 36.0. The summed E-state index contributed by atoms with van der Waals surface area (Å²) in [5.41, 5.74) is 1.85. The number of ether oxygens (including phenoxy) is 1. The Kier molecular flexibility index (Phi) is 4.79. The molecule has 1 fully saturated rings. The van der Waals surface area contributed by atoms with Crippen LogP contribution in [0.4, 0.5) is 0 Å². The minimum absolute atomic E-state index is 0.200. The lowest BCUT2D eigenvalue weighted by molar-refractivity contribution is -0.0936. The summed E-state index contributed by atoms with van der Waals surface area (Å²) in [7, 11) is -1.90. The van der Waals surface area contributed by atoms with E-state index in [4.69, 9.17) is 9.72 Å². The first-order chi connectivity index (χ1) is 13.2. The molecule has 9 heteroatoms. The van der Waals surface area contributed by atoms with E-state index >= 15 is 0 Å². The maximum absolute atomic E-state index is 13.3. The minimum Gasteiger partial charge on any atom is -0.367 e. The minimum atomic E-state index is -3.65. The van der Waals surface area contributed by atoms with Crippen LogP contribution in [0.25, 0.3) is 0 Å². The molecule has 28 heavy (non-hydrogen) atoms. The van der Waals surface area contributed by atoms with E-state index in [1.54, 1.807) is 18.7 Å². The number of rotatable bonds is 3. The van der Waals surface area contributed by atoms with Crippen LogP contribution >= 0.6 is 0 Å². The van der Waals surface area contributed by atoms with Crippen LogP contribution in [-0.2, 0) is 33.8 Å². The molecule has 2 aromatic rings. The molecule has 0 saturated carbocycles. The molecule has 4 heterocycles. The Hall–Kier alpha value is -1.84. The number of aromatic nitrogens is 4. The molecule has 1 spiro atoms. The fraction of sp³-hybridized carbons (Fsp3) is 0.632. The summed E-state index contributed by atoms with van der Waals surface area (Å²) in [6.45, 7) is 7.18. The first-order valence-electron chi connectivity index (χ1n) is 9.73. The molecular formula is C19H27N5O3S. The maximum atomic E-state index is 13.3. The topological polar surface area (TPSA) is 90.2 Å². The molecule has 0 aromatic carbocycles. The van der Waals surface area contributed by atoms with Crippen LogP contribution in [-0.4, -0.2) is 52.2 Å². The van der Waals surface area contributed by atoms with E-state index in [-0.39, 0.29) is 17.4 Å². The van der Waals surface area contributed by atoms with E-state index in [9.17, 15) is 8.42 Å². The van der Waals surface area contributed by atoms with E-state index < -0.39 is 15.6 Å². The van der Waals surface area contributed by atoms with Crippen molar-refractivity contribution in [3.05, 3.63) is 35.2 Å². The van der Waals surface area contributed by atoms with Crippen LogP contribution in [0.3, 0.4) is 0 Å². The molecule has 4 rings (SSSR count). The molecular weight excluding hydrogens is 378 g/mol. The van der Waals surface area contributed by atoms with Gasteiger partial charge in [0, 0.05) is 32.3 Å². The predicted molar refractivity (Wildman–Crippen MR) is 103 cm³/mol. The number of hydrogen-bond donors (Lipinski definition) is 0. The second kappa shape index (κ2) is 6.89. The average Bonchev–Trinajstić information content (AvgIpc) is 3.01. The van der Waals surface area contributed by atoms with Crippen LogP contribution in [0, 0.1) is 6.92 Å². The van der Waals surface area contributed by atoms with Gasteiger partial charge in [-0.2, -0.15) is 9.40 Å². The fourth-order valence-corrected chi connectivity index (χ4v) is 5.78. The van der Waals surface area contributed by atoms with Crippen LogP contribution in [0.15, 0.2) is 17.3 Å². The number of nitrogens with zero attached hydrogens (tertiary/aromatic N) is 5. The average molecular weight is 406 g/mol. The fourth-order valence-electron chi connectivity index (χ4n) is 4.07. The Morgan fingerprint density at radius 3 is 2.75 bits per heavy atom. The van der Waals surface area contributed by atoms with Gasteiger partial charge in [0.2, 0.25) is 10.0 Å². The van der Waals surface area contributed by atoms with Crippen molar-refractivity contribution in [1.82, 2.24) is 24.1 Å². The smallest absolute Gasteiger partial charge is 0.246 e. The number of aryl methyl sites for hydroxylation is 1. The van der Waals surface area contributed by atoms with Gasteiger partial charge in [0.05, 0.1) is 24.2 Å². The normalized spacial score (nSPS) is 23.3. The molecule has 0 aliphatic carbocycles. The predicted octanol–water partition coefficient (Wildman–Crippen LogP) is 1.89. The van der Waals surface area contributed by atoms with Gasteiger partial charge in [-0.15, -0.1) is 0 Å². The highest BCUT2D eigenvalue weighted by molar-refractivity contribution is 7.89. The number of sulfonamides is 1. The molecule has 0 unspecified atom stereocenters. The molecule has 0 N–H and O–H groups in total. The zero-order valence-corrected chi connectivity index (χ0v) is 17.7. The first kappa shape index (κ1) is 19.5. The van der Waals surface area contributed by atoms with Crippen molar-refractivity contribution in [2.24, 2.45) is 7.05 Å². The van der Waals surface area contributed by atoms with Crippen molar-refractivity contribution in [2.45, 2.75) is 56.4 Å². The summed E-state index contributed by atoms with van der Waals surface area (Å²) in [5, 5.41) is 4.11. The Balaban J connectivity index is 1.74. The van der Waals surface area contributed by atoms with Gasteiger partial charge in [0.15, 0.2) is 0 Å². The summed E-state index contributed by atoms with van der Waals surface area (Å²) in [4.78, 5) is 9.57. The zero-order valence-electron chi connectivity index (χ0n) is 16.8. The summed E-state index contributed by atoms with van der Waals surface area (Å²) >= 11 is 0. The number of fused-ring (bicyclic) bond motifs is 2. The SMILES string of the molecule is Cc1c(S(=O)(=O)N2CCC[C@]3(C2)OCCc2cnc(C(C)C)nc23)cnn1C. The lowest BCUT2D eigenvalue weighted by atomic mass is 9.85. The second-order valence-electron chi connectivity index (χ2n) is 8.01. The monoisotopic (exact) mass is 405 g/mol. The third kappa shape index (κ3) is 3.05. The van der Waals surface area contributed by atoms with Gasteiger partial charge >= 0.3 is 0 Å². The van der Waals surface area contributed by atoms with E-state index in [0.717, 1.165) is 36.3 Å². The molecule has 0 bridgehead atoms. The Morgan fingerprint density at radius 1 is 1.29 bits per heavy atom. The van der Waals surface area contributed by atoms with E-state index in [2.05, 4.69) is 23.9 Å². The van der Waals surface area contributed by atoms with Crippen molar-refractivity contribution in [3.8, 4) is 0 Å². The Labute approximate surface area is 166 Å². The number of piperidine rings is 1. The highest BCUT2D eigenvalue weighted by Gasteiger charge is 2.46. The van der Waals surface area contributed by atoms with Crippen molar-refractivity contribution in [2.75, 3.05) is 19.7 Å². The molecule has 2 aliphatic rings. The van der Waals surface area contributed by atoms with E-state index in [0.29, 0.717) is 18.8 Å². The zero-order chi connectivity index (χ0) is 20.1. The molecule has 0 amide bonds. The van der Waals surface area contributed by atoms with Gasteiger partial charge < -0.3 is 4.74 Å². The van der Waals surface area contributed by atoms with E-state index in [1.807, 2.05) is 6.20 Å². The second-order valence-corrected chi connectivity index (χ2v) is 9.92. The Bertz CT molecular complexity index is 1000. The van der Waals surface area contributed by atoms with Crippen LogP contribution in [0.2, 0.25) is 0 Å². The van der Waals surface area contributed by atoms with Crippen LogP contribution < -0.4 is 0 Å². The quantitative estimate of drug-likeness (QED) is 0.775. The molecule has 152 valence electrons. The maximum Gasteiger partial charge on any atom is 0.246 e. The standard InChI is InChI=1S/C19H27N5O3S/c1-13(2)18-20-10-15-6-9-27-19(17(15)22-18)7-5-8-24(12-19)28(25,26)16-11-21-23(4)14(16)3/h10-11,13H,5-9,12H2,1-4H3/t19-/m1/s1. The van der Waals surface area contributed by atoms with Gasteiger partial charge in [-0.3, -0.25) is 4.68 Å². The summed E-state index contributed by atoms with van der Waals surface area (Å²) in [6, 6.07) is 0. The van der Waals surface area contributed by atoms with Crippen molar-refractivity contribution < 1.29 is 13.2 Å². The van der Waals surface area contributed by atoms with Crippen molar-refractivity contribution in [3.63, 3.8) is 0 Å². The highest BCUT2D eigenvalue weighted by atomic mass is 32.2. The molecule has 1 saturated heterocycles. The van der Waals surface area contributed by atoms with Crippen molar-refractivity contribution in [1.29, 1.82) is 0 Å². The molecule has 0 radical (unpaired) electrons. The van der Waals surface area contributed by atoms with Gasteiger partial charge in [-0.1, -0.05) is 13.8 Å². The molecule has 8 nitrogen and oxygen atoms in total. The lowest BCUT2D eigenvalue weighted by Crippen LogP contribution is -2.52. The summed E-state index contributed by atoms with van der Waals surface area (Å²) in [5.74, 6) is 0.970. The largest absolute Gasteiger partial charge is 0.367 e. The van der Waals surface area contributed by atoms with Gasteiger partial charge in [0.25, 0.3) is 0 Å². The molecule has 1 atom stereocenters. The van der Waals surface area contributed by atoms with Crippen LogP contribution in [0.1, 0.15) is 55.4 Å². The lowest BCUT2D eigenvalue weighted by Gasteiger charge is -2.44. The Morgan fingerprint density at radius 2 is 2.07 bits per heavy atom. The first-order valence-corrected chi connectivity index (χ1v) is 11.2. The molecule has 2 aromatic heterocycles. The van der Waals surface area contributed by atoms with Gasteiger partial charge in [-0.05, 0) is 31.7 Å². The number of hydrogen-bond acceptors (Lipinski definition) is 6. The van der Waals surface area contributed by atoms with Crippen LogP contribution in [0.5, 0.6) is 0 Å². The highest BCUT2D eigenvalue weighted by Crippen LogP contribution is 2.41. The van der Waals surface area contributed by atoms with Gasteiger partial charge in [0.1, 0.15) is 16.3 Å². The molecule has 2 aliphatic heterocycles. The van der Waals surface area contributed by atoms with E-state index in [1.165, 1.54) is 10.5 Å². The third-order valence-electron chi connectivity index (χ3n) is 5.81. The van der Waals surface area contributed by atoms with Gasteiger partial charge in [-0.25, -0.2) is 18.4 Å². The van der Waals surface area contributed by atoms with Crippen molar-refractivity contribution >= 4 is 10.0 Å². The summed E-state index contributed by atoms with van der Waals surface area (Å²) in [6.07, 6.45) is 5.55. The third-order valence-corrected chi connectivity index (χ3v) is 7.76.